The van der Waals surface area contributed by atoms with E-state index in [4.69, 9.17) is 21.1 Å². The fraction of sp³-hybridized carbons (Fsp3) is 0.250. The van der Waals surface area contributed by atoms with Crippen LogP contribution in [-0.4, -0.2) is 33.5 Å². The number of rotatable bonds is 8. The molecule has 0 unspecified atom stereocenters. The first-order valence-electron chi connectivity index (χ1n) is 8.85. The highest BCUT2D eigenvalue weighted by Crippen LogP contribution is 2.29. The van der Waals surface area contributed by atoms with E-state index in [1.54, 1.807) is 31.4 Å². The predicted octanol–water partition coefficient (Wildman–Crippen LogP) is 4.35. The third-order valence-corrected chi connectivity index (χ3v) is 5.42. The second-order valence-corrected chi connectivity index (χ2v) is 7.48. The van der Waals surface area contributed by atoms with Crippen LogP contribution in [0.2, 0.25) is 5.02 Å². The first kappa shape index (κ1) is 21.0. The molecule has 3 rings (SSSR count). The van der Waals surface area contributed by atoms with Gasteiger partial charge in [0, 0.05) is 7.05 Å². The highest BCUT2D eigenvalue weighted by atomic mass is 35.5. The highest BCUT2D eigenvalue weighted by molar-refractivity contribution is 7.99. The number of methoxy groups -OCH3 is 1. The molecule has 1 N–H and O–H groups in total. The molecular formula is C20H21ClN4O3S. The van der Waals surface area contributed by atoms with E-state index >= 15 is 0 Å². The molecule has 0 bridgehead atoms. The van der Waals surface area contributed by atoms with E-state index in [1.165, 1.54) is 11.8 Å². The van der Waals surface area contributed by atoms with Gasteiger partial charge in [0.25, 0.3) is 0 Å². The molecule has 3 aromatic rings. The number of carbonyl (C=O) groups excluding carboxylic acids is 1. The van der Waals surface area contributed by atoms with Crippen LogP contribution in [0.25, 0.3) is 0 Å². The van der Waals surface area contributed by atoms with Crippen molar-refractivity contribution < 1.29 is 14.3 Å². The summed E-state index contributed by atoms with van der Waals surface area (Å²) in [6.07, 6.45) is -0.357. The molecule has 0 spiro atoms. The first-order valence-corrected chi connectivity index (χ1v) is 10.2. The zero-order chi connectivity index (χ0) is 20.8. The fourth-order valence-electron chi connectivity index (χ4n) is 2.65. The smallest absolute Gasteiger partial charge is 0.234 e. The van der Waals surface area contributed by atoms with Gasteiger partial charge in [0.15, 0.2) is 17.1 Å². The number of benzene rings is 2. The zero-order valence-electron chi connectivity index (χ0n) is 16.3. The van der Waals surface area contributed by atoms with Gasteiger partial charge in [0.05, 0.1) is 23.6 Å². The van der Waals surface area contributed by atoms with Crippen LogP contribution >= 0.6 is 23.4 Å². The average Bonchev–Trinajstić information content (AvgIpc) is 3.09. The van der Waals surface area contributed by atoms with Crippen molar-refractivity contribution in [3.05, 3.63) is 59.4 Å². The van der Waals surface area contributed by atoms with Crippen molar-refractivity contribution in [2.75, 3.05) is 18.2 Å². The summed E-state index contributed by atoms with van der Waals surface area (Å²) in [7, 11) is 3.40. The lowest BCUT2D eigenvalue weighted by atomic mass is 10.3. The van der Waals surface area contributed by atoms with Gasteiger partial charge in [-0.15, -0.1) is 10.2 Å². The molecule has 0 saturated heterocycles. The number of ether oxygens (including phenoxy) is 2. The summed E-state index contributed by atoms with van der Waals surface area (Å²) in [5.74, 6) is 1.85. The lowest BCUT2D eigenvalue weighted by Gasteiger charge is -2.15. The van der Waals surface area contributed by atoms with Crippen molar-refractivity contribution >= 4 is 35.0 Å². The number of hydrogen-bond acceptors (Lipinski definition) is 6. The number of anilines is 1. The fourth-order valence-corrected chi connectivity index (χ4v) is 3.55. The van der Waals surface area contributed by atoms with E-state index in [0.717, 1.165) is 0 Å². The lowest BCUT2D eigenvalue weighted by molar-refractivity contribution is -0.113. The molecule has 0 radical (unpaired) electrons. The van der Waals surface area contributed by atoms with Gasteiger partial charge < -0.3 is 19.4 Å². The van der Waals surface area contributed by atoms with Crippen LogP contribution in [0.15, 0.2) is 53.7 Å². The van der Waals surface area contributed by atoms with E-state index < -0.39 is 0 Å². The summed E-state index contributed by atoms with van der Waals surface area (Å²) in [5.41, 5.74) is 0.626. The SMILES string of the molecule is COc1ccccc1NC(=O)CSc1nnc([C@@H](C)Oc2ccccc2Cl)n1C. The number of halogens is 1. The molecule has 7 nitrogen and oxygen atoms in total. The van der Waals surface area contributed by atoms with E-state index in [2.05, 4.69) is 15.5 Å². The van der Waals surface area contributed by atoms with Crippen LogP contribution in [0.4, 0.5) is 5.69 Å². The van der Waals surface area contributed by atoms with Gasteiger partial charge in [-0.1, -0.05) is 47.6 Å². The Balaban J connectivity index is 1.60. The molecule has 152 valence electrons. The number of aromatic nitrogens is 3. The second-order valence-electron chi connectivity index (χ2n) is 6.13. The quantitative estimate of drug-likeness (QED) is 0.533. The number of nitrogens with zero attached hydrogens (tertiary/aromatic N) is 3. The number of thioether (sulfide) groups is 1. The third kappa shape index (κ3) is 5.21. The Kier molecular flexibility index (Phi) is 7.00. The molecular weight excluding hydrogens is 412 g/mol. The van der Waals surface area contributed by atoms with Crippen molar-refractivity contribution in [1.82, 2.24) is 14.8 Å². The van der Waals surface area contributed by atoms with E-state index in [9.17, 15) is 4.79 Å². The van der Waals surface area contributed by atoms with Crippen molar-refractivity contribution in [3.63, 3.8) is 0 Å². The average molecular weight is 433 g/mol. The van der Waals surface area contributed by atoms with Gasteiger partial charge in [-0.3, -0.25) is 4.79 Å². The first-order chi connectivity index (χ1) is 14.0. The number of hydrogen-bond donors (Lipinski definition) is 1. The monoisotopic (exact) mass is 432 g/mol. The molecule has 0 saturated carbocycles. The molecule has 1 aromatic heterocycles. The molecule has 2 aromatic carbocycles. The van der Waals surface area contributed by atoms with E-state index in [0.29, 0.717) is 33.2 Å². The summed E-state index contributed by atoms with van der Waals surface area (Å²) >= 11 is 7.44. The van der Waals surface area contributed by atoms with Gasteiger partial charge in [-0.05, 0) is 31.2 Å². The summed E-state index contributed by atoms with van der Waals surface area (Å²) < 4.78 is 12.9. The largest absolute Gasteiger partial charge is 0.495 e. The van der Waals surface area contributed by atoms with Crippen LogP contribution < -0.4 is 14.8 Å². The maximum atomic E-state index is 12.3. The minimum atomic E-state index is -0.357. The molecule has 9 heteroatoms. The maximum absolute atomic E-state index is 12.3. The number of para-hydroxylation sites is 3. The third-order valence-electron chi connectivity index (χ3n) is 4.09. The standard InChI is InChI=1S/C20H21ClN4O3S/c1-13(28-16-10-6-4-8-14(16)21)19-23-24-20(25(19)2)29-12-18(26)22-15-9-5-7-11-17(15)27-3/h4-11,13H,12H2,1-3H3,(H,22,26)/t13-/m1/s1. The zero-order valence-corrected chi connectivity index (χ0v) is 17.8. The van der Waals surface area contributed by atoms with Gasteiger partial charge in [0.1, 0.15) is 11.5 Å². The number of nitrogens with one attached hydrogen (secondary N) is 1. The predicted molar refractivity (Wildman–Crippen MR) is 114 cm³/mol. The van der Waals surface area contributed by atoms with Crippen LogP contribution in [0.3, 0.4) is 0 Å². The summed E-state index contributed by atoms with van der Waals surface area (Å²) in [5, 5.41) is 12.4. The Labute approximate surface area is 178 Å². The van der Waals surface area contributed by atoms with Gasteiger partial charge in [-0.25, -0.2) is 0 Å². The lowest BCUT2D eigenvalue weighted by Crippen LogP contribution is -2.15. The minimum Gasteiger partial charge on any atom is -0.495 e. The molecule has 1 heterocycles. The van der Waals surface area contributed by atoms with Gasteiger partial charge in [-0.2, -0.15) is 0 Å². The van der Waals surface area contributed by atoms with Crippen molar-refractivity contribution in [2.24, 2.45) is 7.05 Å². The van der Waals surface area contributed by atoms with Crippen LogP contribution in [-0.2, 0) is 11.8 Å². The van der Waals surface area contributed by atoms with Crippen LogP contribution in [0.1, 0.15) is 18.9 Å². The second kappa shape index (κ2) is 9.67. The molecule has 0 aliphatic rings. The highest BCUT2D eigenvalue weighted by Gasteiger charge is 2.19. The number of carbonyl (C=O) groups is 1. The topological polar surface area (TPSA) is 78.3 Å². The van der Waals surface area contributed by atoms with Crippen LogP contribution in [0, 0.1) is 0 Å². The molecule has 0 aliphatic heterocycles. The van der Waals surface area contributed by atoms with Crippen molar-refractivity contribution in [2.45, 2.75) is 18.2 Å². The molecule has 29 heavy (non-hydrogen) atoms. The van der Waals surface area contributed by atoms with Crippen molar-refractivity contribution in [1.29, 1.82) is 0 Å². The summed E-state index contributed by atoms with van der Waals surface area (Å²) in [6.45, 7) is 1.87. The van der Waals surface area contributed by atoms with E-state index in [1.807, 2.05) is 42.8 Å². The van der Waals surface area contributed by atoms with E-state index in [-0.39, 0.29) is 17.8 Å². The normalized spacial score (nSPS) is 11.7. The minimum absolute atomic E-state index is 0.163. The van der Waals surface area contributed by atoms with Gasteiger partial charge in [0.2, 0.25) is 5.91 Å². The summed E-state index contributed by atoms with van der Waals surface area (Å²) in [4.78, 5) is 12.3. The Morgan fingerprint density at radius 3 is 2.59 bits per heavy atom. The Bertz CT molecular complexity index is 995. The summed E-state index contributed by atoms with van der Waals surface area (Å²) in [6, 6.07) is 14.5. The molecule has 1 atom stereocenters. The molecule has 0 aliphatic carbocycles. The maximum Gasteiger partial charge on any atom is 0.234 e. The van der Waals surface area contributed by atoms with Crippen LogP contribution in [0.5, 0.6) is 11.5 Å². The Morgan fingerprint density at radius 1 is 1.17 bits per heavy atom. The molecule has 0 fully saturated rings. The molecule has 1 amide bonds. The van der Waals surface area contributed by atoms with Gasteiger partial charge >= 0.3 is 0 Å². The van der Waals surface area contributed by atoms with Crippen molar-refractivity contribution in [3.8, 4) is 11.5 Å². The number of amides is 1. The Hall–Kier alpha value is -2.71. The Morgan fingerprint density at radius 2 is 1.86 bits per heavy atom.